The molecule has 0 N–H and O–H groups in total. The fourth-order valence-electron chi connectivity index (χ4n) is 5.85. The Kier molecular flexibility index (Phi) is 3.63. The van der Waals surface area contributed by atoms with Crippen molar-refractivity contribution in [1.29, 1.82) is 0 Å². The normalized spacial score (nSPS) is 30.0. The summed E-state index contributed by atoms with van der Waals surface area (Å²) in [5.41, 5.74) is -0.162. The minimum Gasteiger partial charge on any atom is -0.282 e. The van der Waals surface area contributed by atoms with Crippen LogP contribution in [0.5, 0.6) is 0 Å². The minimum atomic E-state index is -0.612. The van der Waals surface area contributed by atoms with Gasteiger partial charge in [-0.15, -0.1) is 11.3 Å². The van der Waals surface area contributed by atoms with E-state index >= 15 is 0 Å². The summed E-state index contributed by atoms with van der Waals surface area (Å²) in [5.74, 6) is -0.793. The average Bonchev–Trinajstić information content (AvgIpc) is 3.43. The largest absolute Gasteiger partial charge is 0.315 e. The van der Waals surface area contributed by atoms with Gasteiger partial charge in [0.15, 0.2) is 0 Å². The molecular weight excluding hydrogens is 372 g/mol. The van der Waals surface area contributed by atoms with Crippen molar-refractivity contribution in [3.8, 4) is 0 Å². The van der Waals surface area contributed by atoms with Crippen molar-refractivity contribution in [2.75, 3.05) is 5.01 Å². The highest BCUT2D eigenvalue weighted by atomic mass is 32.1. The number of fused-ring (bicyclic) bond motifs is 1. The van der Waals surface area contributed by atoms with E-state index < -0.39 is 17.1 Å². The first-order valence-electron chi connectivity index (χ1n) is 9.70. The second kappa shape index (κ2) is 5.77. The number of amides is 2. The number of rotatable bonds is 3. The van der Waals surface area contributed by atoms with Crippen LogP contribution in [-0.4, -0.2) is 28.6 Å². The third kappa shape index (κ3) is 1.99. The monoisotopic (exact) mass is 394 g/mol. The summed E-state index contributed by atoms with van der Waals surface area (Å²) < 4.78 is 0. The van der Waals surface area contributed by atoms with E-state index in [-0.39, 0.29) is 17.4 Å². The van der Waals surface area contributed by atoms with Crippen LogP contribution in [0.25, 0.3) is 0 Å². The molecule has 1 aromatic carbocycles. The Bertz CT molecular complexity index is 969. The third-order valence-corrected chi connectivity index (χ3v) is 8.24. The molecule has 5 nitrogen and oxygen atoms in total. The molecule has 1 aliphatic heterocycles. The molecule has 144 valence electrons. The summed E-state index contributed by atoms with van der Waals surface area (Å²) in [5, 5.41) is 4.76. The maximum Gasteiger partial charge on any atom is 0.315 e. The summed E-state index contributed by atoms with van der Waals surface area (Å²) in [4.78, 5) is 40.5. The van der Waals surface area contributed by atoms with Gasteiger partial charge in [0, 0.05) is 0 Å². The van der Waals surface area contributed by atoms with E-state index in [0.29, 0.717) is 16.5 Å². The number of hydrogen-bond donors (Lipinski definition) is 0. The maximum absolute atomic E-state index is 13.8. The van der Waals surface area contributed by atoms with Gasteiger partial charge in [-0.1, -0.05) is 38.1 Å². The Hall–Kier alpha value is -2.47. The van der Waals surface area contributed by atoms with Crippen molar-refractivity contribution in [3.63, 3.8) is 0 Å². The van der Waals surface area contributed by atoms with Crippen molar-refractivity contribution < 1.29 is 14.4 Å². The number of hydrogen-bond acceptors (Lipinski definition) is 4. The maximum atomic E-state index is 13.8. The van der Waals surface area contributed by atoms with Gasteiger partial charge in [0.25, 0.3) is 11.7 Å². The van der Waals surface area contributed by atoms with Gasteiger partial charge in [-0.3, -0.25) is 14.4 Å². The van der Waals surface area contributed by atoms with Gasteiger partial charge in [0.2, 0.25) is 0 Å². The number of carbonyl (C=O) groups is 3. The van der Waals surface area contributed by atoms with Crippen LogP contribution in [0.2, 0.25) is 0 Å². The molecule has 1 aromatic heterocycles. The van der Waals surface area contributed by atoms with E-state index in [9.17, 15) is 14.4 Å². The quantitative estimate of drug-likeness (QED) is 0.586. The summed E-state index contributed by atoms with van der Waals surface area (Å²) >= 11 is 1.25. The molecule has 2 heterocycles. The highest BCUT2D eigenvalue weighted by molar-refractivity contribution is 7.13. The standard InChI is InChI=1S/C22H22N2O3S/c1-21(2)14-10-11-22(21)17(13-14)24(19(26)18(25)16-9-6-12-28-16)23(20(22)27)15-7-4-3-5-8-15/h3-9,12,14,17H,10-11,13H2,1-2H3/t14-,17+,22+/m1/s1. The Morgan fingerprint density at radius 2 is 1.86 bits per heavy atom. The molecule has 2 aliphatic carbocycles. The fourth-order valence-corrected chi connectivity index (χ4v) is 6.50. The summed E-state index contributed by atoms with van der Waals surface area (Å²) in [6, 6.07) is 12.4. The molecule has 0 radical (unpaired) electrons. The molecule has 3 aliphatic rings. The van der Waals surface area contributed by atoms with E-state index in [1.165, 1.54) is 21.4 Å². The van der Waals surface area contributed by atoms with Crippen LogP contribution in [0.4, 0.5) is 5.69 Å². The SMILES string of the molecule is CC1(C)[C@@H]2CC[C@]13C(=O)N(c1ccccc1)N(C(=O)C(=O)c1cccs1)[C@H]3C2. The number of ketones is 1. The Morgan fingerprint density at radius 3 is 2.50 bits per heavy atom. The van der Waals surface area contributed by atoms with Gasteiger partial charge in [0.1, 0.15) is 0 Å². The zero-order chi connectivity index (χ0) is 19.7. The van der Waals surface area contributed by atoms with E-state index in [1.54, 1.807) is 17.5 Å². The van der Waals surface area contributed by atoms with Gasteiger partial charge < -0.3 is 0 Å². The first-order valence-corrected chi connectivity index (χ1v) is 10.6. The second-order valence-electron chi connectivity index (χ2n) is 8.59. The minimum absolute atomic E-state index is 0.0407. The number of para-hydroxylation sites is 1. The van der Waals surface area contributed by atoms with Crippen molar-refractivity contribution in [2.45, 2.75) is 39.2 Å². The lowest BCUT2D eigenvalue weighted by molar-refractivity contribution is -0.131. The van der Waals surface area contributed by atoms with Gasteiger partial charge in [-0.05, 0) is 54.2 Å². The number of hydrazine groups is 1. The molecular formula is C22H22N2O3S. The molecule has 1 spiro atoms. The molecule has 2 aromatic rings. The van der Waals surface area contributed by atoms with Gasteiger partial charge in [-0.2, -0.15) is 0 Å². The van der Waals surface area contributed by atoms with Crippen molar-refractivity contribution in [3.05, 3.63) is 52.7 Å². The molecule has 1 saturated heterocycles. The summed E-state index contributed by atoms with van der Waals surface area (Å²) in [6.07, 6.45) is 2.54. The fraction of sp³-hybridized carbons (Fsp3) is 0.409. The number of carbonyl (C=O) groups excluding carboxylic acids is 3. The van der Waals surface area contributed by atoms with Gasteiger partial charge in [-0.25, -0.2) is 10.0 Å². The lowest BCUT2D eigenvalue weighted by Crippen LogP contribution is -2.50. The Morgan fingerprint density at radius 1 is 1.11 bits per heavy atom. The van der Waals surface area contributed by atoms with Crippen LogP contribution >= 0.6 is 11.3 Å². The van der Waals surface area contributed by atoms with E-state index in [2.05, 4.69) is 13.8 Å². The molecule has 3 atom stereocenters. The predicted molar refractivity (Wildman–Crippen MR) is 107 cm³/mol. The Balaban J connectivity index is 1.64. The topological polar surface area (TPSA) is 57.7 Å². The molecule has 28 heavy (non-hydrogen) atoms. The average molecular weight is 394 g/mol. The molecule has 2 bridgehead atoms. The molecule has 0 unspecified atom stereocenters. The lowest BCUT2D eigenvalue weighted by atomic mass is 9.67. The summed E-state index contributed by atoms with van der Waals surface area (Å²) in [6.45, 7) is 4.31. The molecule has 5 rings (SSSR count). The van der Waals surface area contributed by atoms with Crippen LogP contribution in [0.3, 0.4) is 0 Å². The van der Waals surface area contributed by atoms with Crippen LogP contribution in [0.1, 0.15) is 42.8 Å². The molecule has 2 saturated carbocycles. The zero-order valence-electron chi connectivity index (χ0n) is 15.9. The van der Waals surface area contributed by atoms with Crippen LogP contribution < -0.4 is 5.01 Å². The molecule has 3 fully saturated rings. The van der Waals surface area contributed by atoms with E-state index in [1.807, 2.05) is 30.3 Å². The third-order valence-electron chi connectivity index (χ3n) is 7.37. The first kappa shape index (κ1) is 17.6. The molecule has 6 heteroatoms. The first-order chi connectivity index (χ1) is 13.4. The number of anilines is 1. The summed E-state index contributed by atoms with van der Waals surface area (Å²) in [7, 11) is 0. The van der Waals surface area contributed by atoms with Gasteiger partial charge in [0.05, 0.1) is 22.0 Å². The van der Waals surface area contributed by atoms with Crippen LogP contribution in [0.15, 0.2) is 47.8 Å². The number of Topliss-reactive ketones (excluding diaryl/α,β-unsaturated/α-hetero) is 1. The number of benzene rings is 1. The predicted octanol–water partition coefficient (Wildman–Crippen LogP) is 3.92. The highest BCUT2D eigenvalue weighted by Gasteiger charge is 2.75. The second-order valence-corrected chi connectivity index (χ2v) is 9.54. The van der Waals surface area contributed by atoms with Crippen molar-refractivity contribution in [1.82, 2.24) is 5.01 Å². The lowest BCUT2D eigenvalue weighted by Gasteiger charge is -2.34. The Labute approximate surface area is 167 Å². The van der Waals surface area contributed by atoms with E-state index in [4.69, 9.17) is 0 Å². The number of nitrogens with zero attached hydrogens (tertiary/aromatic N) is 2. The van der Waals surface area contributed by atoms with Crippen LogP contribution in [-0.2, 0) is 9.59 Å². The highest BCUT2D eigenvalue weighted by Crippen LogP contribution is 2.70. The van der Waals surface area contributed by atoms with Crippen molar-refractivity contribution in [2.24, 2.45) is 16.7 Å². The number of thiophene rings is 1. The van der Waals surface area contributed by atoms with Crippen LogP contribution in [0, 0.1) is 16.7 Å². The van der Waals surface area contributed by atoms with Gasteiger partial charge >= 0.3 is 5.91 Å². The van der Waals surface area contributed by atoms with E-state index in [0.717, 1.165) is 19.3 Å². The smallest absolute Gasteiger partial charge is 0.282 e. The molecule has 2 amide bonds. The van der Waals surface area contributed by atoms with Crippen molar-refractivity contribution >= 4 is 34.6 Å². The zero-order valence-corrected chi connectivity index (χ0v) is 16.7.